The average Bonchev–Trinajstić information content (AvgIpc) is 3.32. The van der Waals surface area contributed by atoms with Gasteiger partial charge in [0.25, 0.3) is 0 Å². The minimum Gasteiger partial charge on any atom is -0.497 e. The van der Waals surface area contributed by atoms with Gasteiger partial charge in [0.1, 0.15) is 5.75 Å². The number of rotatable bonds is 14. The zero-order valence-electron chi connectivity index (χ0n) is 21.2. The minimum atomic E-state index is -3.99. The van der Waals surface area contributed by atoms with E-state index in [1.54, 1.807) is 12.1 Å². The second-order valence-corrected chi connectivity index (χ2v) is 11.1. The lowest BCUT2D eigenvalue weighted by Gasteiger charge is -2.29. The van der Waals surface area contributed by atoms with E-state index in [-0.39, 0.29) is 24.4 Å². The third kappa shape index (κ3) is 8.41. The first-order chi connectivity index (χ1) is 17.6. The fourth-order valence-corrected chi connectivity index (χ4v) is 5.78. The molecule has 10 nitrogen and oxygen atoms in total. The van der Waals surface area contributed by atoms with E-state index in [0.717, 1.165) is 5.56 Å². The van der Waals surface area contributed by atoms with E-state index in [0.29, 0.717) is 38.2 Å². The molecule has 1 amide bonds. The lowest BCUT2D eigenvalue weighted by atomic mass is 10.0. The lowest BCUT2D eigenvalue weighted by molar-refractivity contribution is -0.147. The van der Waals surface area contributed by atoms with Crippen LogP contribution in [0.1, 0.15) is 31.7 Å². The maximum absolute atomic E-state index is 13.6. The van der Waals surface area contributed by atoms with Crippen molar-refractivity contribution in [2.45, 2.75) is 55.4 Å². The SMILES string of the molecule is COc1ccc(S(=O)(=O)N(CCCCC2(C)OCCO2)C[C@H](O)[C@H](Cc2ccccc2)NC(=O)O)cc1. The van der Waals surface area contributed by atoms with Gasteiger partial charge in [0, 0.05) is 19.5 Å². The van der Waals surface area contributed by atoms with E-state index in [1.807, 2.05) is 37.3 Å². The van der Waals surface area contributed by atoms with Crippen LogP contribution in [-0.2, 0) is 25.9 Å². The highest BCUT2D eigenvalue weighted by Crippen LogP contribution is 2.26. The summed E-state index contributed by atoms with van der Waals surface area (Å²) in [5, 5.41) is 22.7. The van der Waals surface area contributed by atoms with Crippen LogP contribution in [0.2, 0.25) is 0 Å². The fourth-order valence-electron chi connectivity index (χ4n) is 4.29. The predicted molar refractivity (Wildman–Crippen MR) is 137 cm³/mol. The van der Waals surface area contributed by atoms with Crippen LogP contribution >= 0.6 is 0 Å². The molecule has 0 aromatic heterocycles. The van der Waals surface area contributed by atoms with Gasteiger partial charge in [-0.05, 0) is 56.0 Å². The van der Waals surface area contributed by atoms with Crippen LogP contribution in [0.15, 0.2) is 59.5 Å². The van der Waals surface area contributed by atoms with Gasteiger partial charge in [-0.1, -0.05) is 30.3 Å². The largest absolute Gasteiger partial charge is 0.497 e. The number of amides is 1. The summed E-state index contributed by atoms with van der Waals surface area (Å²) in [5.41, 5.74) is 0.815. The van der Waals surface area contributed by atoms with Gasteiger partial charge in [-0.2, -0.15) is 4.31 Å². The maximum Gasteiger partial charge on any atom is 0.404 e. The topological polar surface area (TPSA) is 135 Å². The number of sulfonamides is 1. The first-order valence-electron chi connectivity index (χ1n) is 12.3. The Morgan fingerprint density at radius 1 is 1.11 bits per heavy atom. The standard InChI is InChI=1S/C26H36N2O8S/c1-26(35-16-17-36-26)14-6-7-15-28(37(32,33)22-12-10-21(34-2)11-13-22)19-24(29)23(27-25(30)31)18-20-8-4-3-5-9-20/h3-5,8-13,23-24,27,29H,6-7,14-19H2,1-2H3,(H,30,31)/t23-,24-/m0/s1. The monoisotopic (exact) mass is 536 g/mol. The second-order valence-electron chi connectivity index (χ2n) is 9.14. The normalized spacial score (nSPS) is 16.9. The zero-order chi connectivity index (χ0) is 26.9. The number of benzene rings is 2. The highest BCUT2D eigenvalue weighted by Gasteiger charge is 2.32. The Balaban J connectivity index is 1.77. The molecule has 0 saturated carbocycles. The number of hydrogen-bond acceptors (Lipinski definition) is 7. The molecule has 37 heavy (non-hydrogen) atoms. The van der Waals surface area contributed by atoms with E-state index >= 15 is 0 Å². The van der Waals surface area contributed by atoms with Gasteiger partial charge in [0.15, 0.2) is 5.79 Å². The van der Waals surface area contributed by atoms with E-state index in [2.05, 4.69) is 5.32 Å². The van der Waals surface area contributed by atoms with Crippen molar-refractivity contribution in [2.75, 3.05) is 33.4 Å². The maximum atomic E-state index is 13.6. The molecule has 1 aliphatic heterocycles. The number of carboxylic acid groups (broad SMARTS) is 1. The Morgan fingerprint density at radius 2 is 1.76 bits per heavy atom. The van der Waals surface area contributed by atoms with Crippen molar-refractivity contribution in [3.8, 4) is 5.75 Å². The third-order valence-corrected chi connectivity index (χ3v) is 8.23. The van der Waals surface area contributed by atoms with Crippen LogP contribution < -0.4 is 10.1 Å². The minimum absolute atomic E-state index is 0.0562. The Kier molecular flexibility index (Phi) is 10.3. The van der Waals surface area contributed by atoms with Gasteiger partial charge in [-0.15, -0.1) is 0 Å². The van der Waals surface area contributed by atoms with Crippen LogP contribution in [-0.4, -0.2) is 80.4 Å². The number of methoxy groups -OCH3 is 1. The Morgan fingerprint density at radius 3 is 2.35 bits per heavy atom. The van der Waals surface area contributed by atoms with E-state index in [4.69, 9.17) is 14.2 Å². The molecule has 3 rings (SSSR count). The number of hydrogen-bond donors (Lipinski definition) is 3. The van der Waals surface area contributed by atoms with Crippen LogP contribution in [0.3, 0.4) is 0 Å². The molecule has 1 saturated heterocycles. The van der Waals surface area contributed by atoms with Gasteiger partial charge >= 0.3 is 6.09 Å². The van der Waals surface area contributed by atoms with E-state index in [9.17, 15) is 23.4 Å². The van der Waals surface area contributed by atoms with Crippen molar-refractivity contribution in [3.05, 3.63) is 60.2 Å². The third-order valence-electron chi connectivity index (χ3n) is 6.35. The number of aliphatic hydroxyl groups is 1. The smallest absolute Gasteiger partial charge is 0.404 e. The summed E-state index contributed by atoms with van der Waals surface area (Å²) in [6, 6.07) is 14.2. The fraction of sp³-hybridized carbons (Fsp3) is 0.500. The Hall–Kier alpha value is -2.70. The molecule has 2 atom stereocenters. The number of aliphatic hydroxyl groups excluding tert-OH is 1. The van der Waals surface area contributed by atoms with Gasteiger partial charge in [-0.3, -0.25) is 0 Å². The lowest BCUT2D eigenvalue weighted by Crippen LogP contribution is -2.50. The van der Waals surface area contributed by atoms with Gasteiger partial charge in [0.2, 0.25) is 10.0 Å². The first kappa shape index (κ1) is 28.9. The molecule has 204 valence electrons. The van der Waals surface area contributed by atoms with Crippen molar-refractivity contribution < 1.29 is 37.6 Å². The van der Waals surface area contributed by atoms with Crippen LogP contribution in [0.4, 0.5) is 4.79 Å². The molecule has 11 heteroatoms. The number of ether oxygens (including phenoxy) is 3. The summed E-state index contributed by atoms with van der Waals surface area (Å²) in [7, 11) is -2.50. The van der Waals surface area contributed by atoms with Crippen molar-refractivity contribution in [1.29, 1.82) is 0 Å². The highest BCUT2D eigenvalue weighted by molar-refractivity contribution is 7.89. The molecule has 0 radical (unpaired) electrons. The number of unbranched alkanes of at least 4 members (excludes halogenated alkanes) is 1. The summed E-state index contributed by atoms with van der Waals surface area (Å²) in [4.78, 5) is 11.5. The summed E-state index contributed by atoms with van der Waals surface area (Å²) in [6.07, 6.45) is -0.638. The molecule has 0 spiro atoms. The quantitative estimate of drug-likeness (QED) is 0.314. The van der Waals surface area contributed by atoms with Crippen molar-refractivity contribution in [2.24, 2.45) is 0 Å². The Bertz CT molecular complexity index is 1090. The van der Waals surface area contributed by atoms with Crippen LogP contribution in [0, 0.1) is 0 Å². The van der Waals surface area contributed by atoms with Gasteiger partial charge in [-0.25, -0.2) is 13.2 Å². The van der Waals surface area contributed by atoms with Crippen molar-refractivity contribution in [3.63, 3.8) is 0 Å². The highest BCUT2D eigenvalue weighted by atomic mass is 32.2. The molecule has 1 fully saturated rings. The Labute approximate surface area is 218 Å². The molecule has 0 bridgehead atoms. The molecule has 2 aromatic carbocycles. The van der Waals surface area contributed by atoms with Crippen molar-refractivity contribution in [1.82, 2.24) is 9.62 Å². The van der Waals surface area contributed by atoms with Gasteiger partial charge in [0.05, 0.1) is 37.4 Å². The zero-order valence-corrected chi connectivity index (χ0v) is 22.0. The molecular formula is C26H36N2O8S. The number of nitrogens with one attached hydrogen (secondary N) is 1. The summed E-state index contributed by atoms with van der Waals surface area (Å²) >= 11 is 0. The molecule has 1 aliphatic rings. The van der Waals surface area contributed by atoms with E-state index < -0.39 is 34.0 Å². The molecule has 3 N–H and O–H groups in total. The first-order valence-corrected chi connectivity index (χ1v) is 13.7. The summed E-state index contributed by atoms with van der Waals surface area (Å²) in [6.45, 7) is 2.77. The number of nitrogens with zero attached hydrogens (tertiary/aromatic N) is 1. The van der Waals surface area contributed by atoms with Crippen LogP contribution in [0.25, 0.3) is 0 Å². The average molecular weight is 537 g/mol. The molecule has 0 aliphatic carbocycles. The molecule has 0 unspecified atom stereocenters. The second kappa shape index (κ2) is 13.2. The van der Waals surface area contributed by atoms with E-state index in [1.165, 1.54) is 23.5 Å². The number of carbonyl (C=O) groups is 1. The van der Waals surface area contributed by atoms with Crippen LogP contribution in [0.5, 0.6) is 5.75 Å². The summed E-state index contributed by atoms with van der Waals surface area (Å²) in [5.74, 6) is -0.158. The predicted octanol–water partition coefficient (Wildman–Crippen LogP) is 2.86. The molecule has 2 aromatic rings. The molecular weight excluding hydrogens is 500 g/mol. The molecule has 1 heterocycles. The van der Waals surface area contributed by atoms with Gasteiger partial charge < -0.3 is 29.7 Å². The summed E-state index contributed by atoms with van der Waals surface area (Å²) < 4.78 is 44.7. The van der Waals surface area contributed by atoms with Crippen molar-refractivity contribution >= 4 is 16.1 Å².